The zero-order valence-electron chi connectivity index (χ0n) is 11.6. The smallest absolute Gasteiger partial charge is 0.303 e. The Hall–Kier alpha value is -1.14. The molecule has 0 amide bonds. The van der Waals surface area contributed by atoms with E-state index in [0.29, 0.717) is 6.61 Å². The van der Waals surface area contributed by atoms with E-state index in [1.165, 1.54) is 13.8 Å². The quantitative estimate of drug-likeness (QED) is 0.695. The molecular weight excluding hydrogens is 252 g/mol. The third-order valence-electron chi connectivity index (χ3n) is 3.61. The van der Waals surface area contributed by atoms with E-state index >= 15 is 0 Å². The van der Waals surface area contributed by atoms with Crippen LogP contribution in [-0.4, -0.2) is 43.1 Å². The molecule has 2 aliphatic heterocycles. The predicted octanol–water partition coefficient (Wildman–Crippen LogP) is 0.877. The van der Waals surface area contributed by atoms with Crippen LogP contribution in [0.1, 0.15) is 27.7 Å². The fourth-order valence-electron chi connectivity index (χ4n) is 2.81. The lowest BCUT2D eigenvalue weighted by Gasteiger charge is -2.42. The van der Waals surface area contributed by atoms with Gasteiger partial charge < -0.3 is 18.9 Å². The average molecular weight is 272 g/mol. The van der Waals surface area contributed by atoms with Gasteiger partial charge in [-0.3, -0.25) is 9.59 Å². The minimum absolute atomic E-state index is 0.107. The summed E-state index contributed by atoms with van der Waals surface area (Å²) in [7, 11) is 0. The Balaban J connectivity index is 2.23. The van der Waals surface area contributed by atoms with Gasteiger partial charge in [0.2, 0.25) is 0 Å². The van der Waals surface area contributed by atoms with Crippen LogP contribution in [0, 0.1) is 11.8 Å². The molecule has 0 spiro atoms. The Kier molecular flexibility index (Phi) is 4.10. The minimum atomic E-state index is -0.591. The molecule has 0 N–H and O–H groups in total. The first kappa shape index (κ1) is 14.3. The van der Waals surface area contributed by atoms with E-state index in [9.17, 15) is 9.59 Å². The Morgan fingerprint density at radius 3 is 2.21 bits per heavy atom. The summed E-state index contributed by atoms with van der Waals surface area (Å²) < 4.78 is 21.9. The second-order valence-corrected chi connectivity index (χ2v) is 5.25. The fourth-order valence-corrected chi connectivity index (χ4v) is 2.81. The minimum Gasteiger partial charge on any atom is -0.458 e. The van der Waals surface area contributed by atoms with Gasteiger partial charge in [0, 0.05) is 13.8 Å². The summed E-state index contributed by atoms with van der Waals surface area (Å²) in [6.45, 7) is 7.02. The molecule has 0 aromatic heterocycles. The molecule has 1 unspecified atom stereocenters. The number of hydrogen-bond donors (Lipinski definition) is 0. The Morgan fingerprint density at radius 1 is 1.05 bits per heavy atom. The van der Waals surface area contributed by atoms with Crippen molar-refractivity contribution in [2.75, 3.05) is 6.61 Å². The zero-order chi connectivity index (χ0) is 14.2. The fraction of sp³-hybridized carbons (Fsp3) is 0.846. The standard InChI is InChI=1S/C13H20O6/c1-6-5-16-13-10(6)12(19-9(4)15)11(7(2)17-13)18-8(3)14/h6-7,10-13H,5H2,1-4H3/t6?,7-,10-,11+,12+,13+/m0/s1. The van der Waals surface area contributed by atoms with Crippen LogP contribution >= 0.6 is 0 Å². The second kappa shape index (κ2) is 5.46. The van der Waals surface area contributed by atoms with Gasteiger partial charge in [0.1, 0.15) is 6.10 Å². The molecule has 19 heavy (non-hydrogen) atoms. The number of fused-ring (bicyclic) bond motifs is 1. The monoisotopic (exact) mass is 272 g/mol. The highest BCUT2D eigenvalue weighted by atomic mass is 16.7. The third-order valence-corrected chi connectivity index (χ3v) is 3.61. The Morgan fingerprint density at radius 2 is 1.63 bits per heavy atom. The lowest BCUT2D eigenvalue weighted by molar-refractivity contribution is -0.259. The van der Waals surface area contributed by atoms with Gasteiger partial charge in [-0.25, -0.2) is 0 Å². The molecule has 6 nitrogen and oxygen atoms in total. The van der Waals surface area contributed by atoms with Crippen molar-refractivity contribution >= 4 is 11.9 Å². The summed E-state index contributed by atoms with van der Waals surface area (Å²) in [6.07, 6.45) is -1.89. The highest BCUT2D eigenvalue weighted by molar-refractivity contribution is 5.67. The van der Waals surface area contributed by atoms with Crippen molar-refractivity contribution < 1.29 is 28.5 Å². The maximum absolute atomic E-state index is 11.3. The van der Waals surface area contributed by atoms with Gasteiger partial charge in [0.05, 0.1) is 18.6 Å². The summed E-state index contributed by atoms with van der Waals surface area (Å²) in [5, 5.41) is 0. The number of ether oxygens (including phenoxy) is 4. The molecule has 0 radical (unpaired) electrons. The maximum atomic E-state index is 11.3. The van der Waals surface area contributed by atoms with Crippen LogP contribution in [0.5, 0.6) is 0 Å². The van der Waals surface area contributed by atoms with E-state index in [0.717, 1.165) is 0 Å². The molecule has 108 valence electrons. The lowest BCUT2D eigenvalue weighted by atomic mass is 9.84. The number of rotatable bonds is 2. The van der Waals surface area contributed by atoms with Gasteiger partial charge in [0.25, 0.3) is 0 Å². The van der Waals surface area contributed by atoms with E-state index < -0.39 is 30.4 Å². The van der Waals surface area contributed by atoms with Crippen molar-refractivity contribution in [1.82, 2.24) is 0 Å². The lowest BCUT2D eigenvalue weighted by Crippen LogP contribution is -2.56. The molecule has 0 aromatic carbocycles. The van der Waals surface area contributed by atoms with Crippen LogP contribution in [0.2, 0.25) is 0 Å². The normalized spacial score (nSPS) is 41.5. The van der Waals surface area contributed by atoms with Gasteiger partial charge in [-0.15, -0.1) is 0 Å². The van der Waals surface area contributed by atoms with Crippen molar-refractivity contribution in [3.63, 3.8) is 0 Å². The molecule has 2 rings (SSSR count). The summed E-state index contributed by atoms with van der Waals surface area (Å²) in [4.78, 5) is 22.5. The molecule has 0 aliphatic carbocycles. The van der Waals surface area contributed by atoms with E-state index in [4.69, 9.17) is 18.9 Å². The van der Waals surface area contributed by atoms with E-state index in [1.807, 2.05) is 6.92 Å². The van der Waals surface area contributed by atoms with Gasteiger partial charge >= 0.3 is 11.9 Å². The van der Waals surface area contributed by atoms with Crippen LogP contribution in [0.4, 0.5) is 0 Å². The molecule has 2 saturated heterocycles. The SMILES string of the molecule is CC(=O)O[C@H]1[C@H](OC(C)=O)[C@H](C)O[C@H]2OCC(C)[C@H]21. The topological polar surface area (TPSA) is 71.1 Å². The summed E-state index contributed by atoms with van der Waals surface area (Å²) in [6, 6.07) is 0. The highest BCUT2D eigenvalue weighted by Crippen LogP contribution is 2.39. The molecule has 6 atom stereocenters. The first-order valence-corrected chi connectivity index (χ1v) is 6.51. The van der Waals surface area contributed by atoms with Crippen LogP contribution in [0.15, 0.2) is 0 Å². The second-order valence-electron chi connectivity index (χ2n) is 5.25. The molecule has 6 heteroatoms. The van der Waals surface area contributed by atoms with Crippen LogP contribution < -0.4 is 0 Å². The third kappa shape index (κ3) is 2.90. The Bertz CT molecular complexity index is 368. The van der Waals surface area contributed by atoms with Crippen molar-refractivity contribution in [2.45, 2.75) is 52.3 Å². The Labute approximate surface area is 112 Å². The first-order valence-electron chi connectivity index (χ1n) is 6.51. The number of hydrogen-bond acceptors (Lipinski definition) is 6. The number of carbonyl (C=O) groups excluding carboxylic acids is 2. The van der Waals surface area contributed by atoms with Crippen molar-refractivity contribution in [3.05, 3.63) is 0 Å². The van der Waals surface area contributed by atoms with Gasteiger partial charge in [-0.2, -0.15) is 0 Å². The molecule has 2 aliphatic rings. The van der Waals surface area contributed by atoms with Gasteiger partial charge in [0.15, 0.2) is 12.4 Å². The zero-order valence-corrected chi connectivity index (χ0v) is 11.6. The molecule has 0 aromatic rings. The van der Waals surface area contributed by atoms with Crippen molar-refractivity contribution in [2.24, 2.45) is 11.8 Å². The largest absolute Gasteiger partial charge is 0.458 e. The molecule has 0 saturated carbocycles. The molecule has 2 fully saturated rings. The van der Waals surface area contributed by atoms with E-state index in [-0.39, 0.29) is 17.9 Å². The van der Waals surface area contributed by atoms with Gasteiger partial charge in [-0.1, -0.05) is 6.92 Å². The summed E-state index contributed by atoms with van der Waals surface area (Å²) in [5.74, 6) is -0.735. The van der Waals surface area contributed by atoms with Crippen LogP contribution in [0.25, 0.3) is 0 Å². The maximum Gasteiger partial charge on any atom is 0.303 e. The van der Waals surface area contributed by atoms with Crippen LogP contribution in [-0.2, 0) is 28.5 Å². The van der Waals surface area contributed by atoms with Gasteiger partial charge in [-0.05, 0) is 12.8 Å². The summed E-state index contributed by atoms with van der Waals surface area (Å²) in [5.41, 5.74) is 0. The number of carbonyl (C=O) groups is 2. The molecule has 0 bridgehead atoms. The van der Waals surface area contributed by atoms with Crippen LogP contribution in [0.3, 0.4) is 0 Å². The average Bonchev–Trinajstić information content (AvgIpc) is 2.64. The van der Waals surface area contributed by atoms with Crippen molar-refractivity contribution in [1.29, 1.82) is 0 Å². The van der Waals surface area contributed by atoms with Crippen molar-refractivity contribution in [3.8, 4) is 0 Å². The first-order chi connectivity index (χ1) is 8.90. The molecular formula is C13H20O6. The molecule has 2 heterocycles. The van der Waals surface area contributed by atoms with E-state index in [1.54, 1.807) is 6.92 Å². The predicted molar refractivity (Wildman–Crippen MR) is 64.0 cm³/mol. The summed E-state index contributed by atoms with van der Waals surface area (Å²) >= 11 is 0. The number of esters is 2. The highest BCUT2D eigenvalue weighted by Gasteiger charge is 2.53. The van der Waals surface area contributed by atoms with E-state index in [2.05, 4.69) is 0 Å².